The molecule has 3 rings (SSSR count). The second kappa shape index (κ2) is 8.11. The Bertz CT molecular complexity index is 641. The van der Waals surface area contributed by atoms with Crippen molar-refractivity contribution in [2.75, 3.05) is 26.7 Å². The van der Waals surface area contributed by atoms with E-state index in [4.69, 9.17) is 0 Å². The van der Waals surface area contributed by atoms with Crippen LogP contribution in [0.1, 0.15) is 30.0 Å². The molecule has 0 aromatic heterocycles. The molecule has 1 fully saturated rings. The molecule has 0 N–H and O–H groups in total. The van der Waals surface area contributed by atoms with Crippen LogP contribution in [0.3, 0.4) is 0 Å². The van der Waals surface area contributed by atoms with E-state index in [0.717, 1.165) is 32.5 Å². The molecule has 1 aliphatic heterocycles. The fraction of sp³-hybridized carbons (Fsp3) is 0.381. The molecular formula is C21H26N2O. The Hall–Kier alpha value is -2.13. The minimum absolute atomic E-state index is 0.175. The molecule has 0 bridgehead atoms. The van der Waals surface area contributed by atoms with Crippen molar-refractivity contribution in [2.24, 2.45) is 0 Å². The zero-order valence-electron chi connectivity index (χ0n) is 14.4. The van der Waals surface area contributed by atoms with Crippen LogP contribution >= 0.6 is 0 Å². The third-order valence-electron chi connectivity index (χ3n) is 4.79. The number of carbonyl (C=O) groups is 1. The van der Waals surface area contributed by atoms with Gasteiger partial charge in [0, 0.05) is 26.1 Å². The minimum Gasteiger partial charge on any atom is -0.333 e. The van der Waals surface area contributed by atoms with Gasteiger partial charge in [0.05, 0.1) is 6.04 Å². The Morgan fingerprint density at radius 1 is 1.00 bits per heavy atom. The van der Waals surface area contributed by atoms with Crippen molar-refractivity contribution in [3.05, 3.63) is 71.8 Å². The van der Waals surface area contributed by atoms with E-state index in [0.29, 0.717) is 6.42 Å². The number of benzene rings is 2. The topological polar surface area (TPSA) is 23.6 Å². The van der Waals surface area contributed by atoms with Gasteiger partial charge in [-0.2, -0.15) is 0 Å². The van der Waals surface area contributed by atoms with Crippen molar-refractivity contribution in [3.63, 3.8) is 0 Å². The van der Waals surface area contributed by atoms with Crippen molar-refractivity contribution < 1.29 is 4.79 Å². The summed E-state index contributed by atoms with van der Waals surface area (Å²) in [4.78, 5) is 17.2. The first-order valence-electron chi connectivity index (χ1n) is 8.81. The highest BCUT2D eigenvalue weighted by molar-refractivity contribution is 5.77. The molecule has 126 valence electrons. The van der Waals surface area contributed by atoms with Crippen LogP contribution in [0.25, 0.3) is 0 Å². The lowest BCUT2D eigenvalue weighted by Crippen LogP contribution is -2.49. The molecule has 1 amide bonds. The van der Waals surface area contributed by atoms with E-state index < -0.39 is 0 Å². The summed E-state index contributed by atoms with van der Waals surface area (Å²) in [5.41, 5.74) is 2.55. The first kappa shape index (κ1) is 16.7. The predicted octanol–water partition coefficient (Wildman–Crippen LogP) is 3.52. The van der Waals surface area contributed by atoms with Gasteiger partial charge in [0.25, 0.3) is 0 Å². The van der Waals surface area contributed by atoms with Crippen LogP contribution in [0, 0.1) is 0 Å². The summed E-state index contributed by atoms with van der Waals surface area (Å²) in [6.07, 6.45) is 2.51. The number of rotatable bonds is 5. The van der Waals surface area contributed by atoms with Gasteiger partial charge in [-0.05, 0) is 31.0 Å². The number of likely N-dealkylation sites (N-methyl/N-ethyl adjacent to an activating group) is 1. The maximum atomic E-state index is 12.8. The first-order chi connectivity index (χ1) is 11.7. The molecule has 3 heteroatoms. The number of nitrogens with zero attached hydrogens (tertiary/aromatic N) is 2. The summed E-state index contributed by atoms with van der Waals surface area (Å²) in [6, 6.07) is 21.0. The Labute approximate surface area is 144 Å². The number of hydrogen-bond donors (Lipinski definition) is 0. The maximum absolute atomic E-state index is 12.8. The van der Waals surface area contributed by atoms with Crippen molar-refractivity contribution in [1.29, 1.82) is 0 Å². The third-order valence-corrected chi connectivity index (χ3v) is 4.79. The molecule has 24 heavy (non-hydrogen) atoms. The monoisotopic (exact) mass is 322 g/mol. The summed E-state index contributed by atoms with van der Waals surface area (Å²) in [5, 5.41) is 0. The second-order valence-corrected chi connectivity index (χ2v) is 6.62. The second-order valence-electron chi connectivity index (χ2n) is 6.62. The molecule has 2 aromatic rings. The van der Waals surface area contributed by atoms with E-state index in [1.54, 1.807) is 0 Å². The Kier molecular flexibility index (Phi) is 5.65. The van der Waals surface area contributed by atoms with Gasteiger partial charge in [-0.1, -0.05) is 60.7 Å². The van der Waals surface area contributed by atoms with Gasteiger partial charge < -0.3 is 9.80 Å². The molecule has 0 aliphatic carbocycles. The van der Waals surface area contributed by atoms with Crippen LogP contribution in [0.15, 0.2) is 60.7 Å². The highest BCUT2D eigenvalue weighted by atomic mass is 16.2. The lowest BCUT2D eigenvalue weighted by Gasteiger charge is -2.40. The molecule has 0 saturated carbocycles. The summed E-state index contributed by atoms with van der Waals surface area (Å²) in [5.74, 6) is 0.285. The lowest BCUT2D eigenvalue weighted by molar-refractivity contribution is -0.136. The molecule has 3 nitrogen and oxygen atoms in total. The van der Waals surface area contributed by atoms with Crippen LogP contribution in [0.5, 0.6) is 0 Å². The molecule has 1 heterocycles. The standard InChI is InChI=1S/C21H26N2O/c1-22-15-16-23(20(17-22)19-12-6-3-7-13-19)21(24)14-8-11-18-9-4-2-5-10-18/h2-7,9-10,12-13,20H,8,11,14-17H2,1H3/t20-/m1/s1. The molecule has 1 saturated heterocycles. The molecule has 0 unspecified atom stereocenters. The third kappa shape index (κ3) is 4.24. The van der Waals surface area contributed by atoms with Gasteiger partial charge >= 0.3 is 0 Å². The van der Waals surface area contributed by atoms with Crippen LogP contribution < -0.4 is 0 Å². The molecule has 0 spiro atoms. The molecule has 0 radical (unpaired) electrons. The largest absolute Gasteiger partial charge is 0.333 e. The van der Waals surface area contributed by atoms with Crippen LogP contribution in [0.2, 0.25) is 0 Å². The van der Waals surface area contributed by atoms with E-state index in [1.165, 1.54) is 11.1 Å². The van der Waals surface area contributed by atoms with Gasteiger partial charge in [0.15, 0.2) is 0 Å². The minimum atomic E-state index is 0.175. The van der Waals surface area contributed by atoms with Gasteiger partial charge in [0.2, 0.25) is 5.91 Å². The van der Waals surface area contributed by atoms with E-state index in [-0.39, 0.29) is 11.9 Å². The molecular weight excluding hydrogens is 296 g/mol. The van der Waals surface area contributed by atoms with Crippen LogP contribution in [0.4, 0.5) is 0 Å². The SMILES string of the molecule is CN1CCN(C(=O)CCCc2ccccc2)[C@@H](c2ccccc2)C1. The first-order valence-corrected chi connectivity index (χ1v) is 8.81. The zero-order valence-corrected chi connectivity index (χ0v) is 14.4. The van der Waals surface area contributed by atoms with Gasteiger partial charge in [-0.3, -0.25) is 4.79 Å². The Balaban J connectivity index is 1.61. The van der Waals surface area contributed by atoms with E-state index in [9.17, 15) is 4.79 Å². The summed E-state index contributed by atoms with van der Waals surface area (Å²) in [7, 11) is 2.13. The average molecular weight is 322 g/mol. The van der Waals surface area contributed by atoms with Crippen molar-refractivity contribution >= 4 is 5.91 Å². The zero-order chi connectivity index (χ0) is 16.8. The highest BCUT2D eigenvalue weighted by Gasteiger charge is 2.29. The number of hydrogen-bond acceptors (Lipinski definition) is 2. The van der Waals surface area contributed by atoms with Crippen molar-refractivity contribution in [3.8, 4) is 0 Å². The fourth-order valence-corrected chi connectivity index (χ4v) is 3.41. The molecule has 1 atom stereocenters. The normalized spacial score (nSPS) is 18.5. The number of aryl methyl sites for hydroxylation is 1. The van der Waals surface area contributed by atoms with Gasteiger partial charge in [-0.15, -0.1) is 0 Å². The molecule has 2 aromatic carbocycles. The average Bonchev–Trinajstić information content (AvgIpc) is 2.63. The highest BCUT2D eigenvalue weighted by Crippen LogP contribution is 2.25. The van der Waals surface area contributed by atoms with Crippen molar-refractivity contribution in [1.82, 2.24) is 9.80 Å². The summed E-state index contributed by atoms with van der Waals surface area (Å²) in [6.45, 7) is 2.68. The fourth-order valence-electron chi connectivity index (χ4n) is 3.41. The van der Waals surface area contributed by atoms with Crippen molar-refractivity contribution in [2.45, 2.75) is 25.3 Å². The Morgan fingerprint density at radius 3 is 2.38 bits per heavy atom. The summed E-state index contributed by atoms with van der Waals surface area (Å²) >= 11 is 0. The molecule has 1 aliphatic rings. The predicted molar refractivity (Wildman–Crippen MR) is 97.8 cm³/mol. The quantitative estimate of drug-likeness (QED) is 0.841. The van der Waals surface area contributed by atoms with Crippen LogP contribution in [-0.4, -0.2) is 42.4 Å². The van der Waals surface area contributed by atoms with E-state index in [2.05, 4.69) is 65.4 Å². The smallest absolute Gasteiger partial charge is 0.223 e. The van der Waals surface area contributed by atoms with Gasteiger partial charge in [0.1, 0.15) is 0 Å². The van der Waals surface area contributed by atoms with Crippen LogP contribution in [-0.2, 0) is 11.2 Å². The number of carbonyl (C=O) groups excluding carboxylic acids is 1. The maximum Gasteiger partial charge on any atom is 0.223 e. The van der Waals surface area contributed by atoms with Gasteiger partial charge in [-0.25, -0.2) is 0 Å². The van der Waals surface area contributed by atoms with E-state index in [1.807, 2.05) is 12.1 Å². The number of piperazine rings is 1. The van der Waals surface area contributed by atoms with E-state index >= 15 is 0 Å². The summed E-state index contributed by atoms with van der Waals surface area (Å²) < 4.78 is 0. The Morgan fingerprint density at radius 2 is 1.67 bits per heavy atom. The number of amides is 1. The lowest BCUT2D eigenvalue weighted by atomic mass is 10.0.